The quantitative estimate of drug-likeness (QED) is 0.337. The molecule has 2 aromatic heterocycles. The molecule has 0 atom stereocenters. The highest BCUT2D eigenvalue weighted by atomic mass is 35.5. The molecule has 0 spiro atoms. The summed E-state index contributed by atoms with van der Waals surface area (Å²) in [7, 11) is -3.53. The number of carbonyl (C=O) groups is 1. The number of halogens is 1. The van der Waals surface area contributed by atoms with Crippen LogP contribution in [0, 0.1) is 0 Å². The summed E-state index contributed by atoms with van der Waals surface area (Å²) >= 11 is 6.51. The summed E-state index contributed by atoms with van der Waals surface area (Å²) < 4.78 is 35.2. The predicted molar refractivity (Wildman–Crippen MR) is 132 cm³/mol. The van der Waals surface area contributed by atoms with E-state index < -0.39 is 10.1 Å². The van der Waals surface area contributed by atoms with Crippen molar-refractivity contribution < 1.29 is 22.1 Å². The number of ether oxygens (including phenoxy) is 1. The Morgan fingerprint density at radius 1 is 1.17 bits per heavy atom. The lowest BCUT2D eigenvalue weighted by atomic mass is 10.1. The minimum atomic E-state index is -3.53. The van der Waals surface area contributed by atoms with Crippen LogP contribution in [0.25, 0.3) is 11.0 Å². The van der Waals surface area contributed by atoms with Gasteiger partial charge in [0.15, 0.2) is 5.82 Å². The zero-order chi connectivity index (χ0) is 24.6. The van der Waals surface area contributed by atoms with Gasteiger partial charge in [-0.2, -0.15) is 8.42 Å². The average Bonchev–Trinajstić information content (AvgIpc) is 3.39. The zero-order valence-electron chi connectivity index (χ0n) is 18.5. The van der Waals surface area contributed by atoms with E-state index in [0.717, 1.165) is 17.5 Å². The smallest absolute Gasteiger partial charge is 0.264 e. The molecule has 0 unspecified atom stereocenters. The summed E-state index contributed by atoms with van der Waals surface area (Å²) in [4.78, 5) is 20.4. The fourth-order valence-electron chi connectivity index (χ4n) is 3.83. The van der Waals surface area contributed by atoms with E-state index in [9.17, 15) is 13.2 Å². The lowest BCUT2D eigenvalue weighted by Gasteiger charge is -2.13. The molecule has 12 heteroatoms. The number of fused-ring (bicyclic) bond motifs is 2. The van der Waals surface area contributed by atoms with Crippen molar-refractivity contribution in [2.24, 2.45) is 0 Å². The van der Waals surface area contributed by atoms with Gasteiger partial charge in [-0.25, -0.2) is 9.97 Å². The monoisotopic (exact) mass is 513 g/mol. The van der Waals surface area contributed by atoms with Gasteiger partial charge in [0.2, 0.25) is 5.91 Å². The van der Waals surface area contributed by atoms with E-state index in [0.29, 0.717) is 45.6 Å². The molecule has 1 amide bonds. The van der Waals surface area contributed by atoms with Crippen LogP contribution in [0.4, 0.5) is 17.2 Å². The Labute approximate surface area is 206 Å². The number of hydrogen-bond acceptors (Lipinski definition) is 8. The zero-order valence-corrected chi connectivity index (χ0v) is 20.1. The summed E-state index contributed by atoms with van der Waals surface area (Å²) in [6.45, 7) is 0.282. The van der Waals surface area contributed by atoms with Gasteiger partial charge in [0.1, 0.15) is 23.3 Å². The summed E-state index contributed by atoms with van der Waals surface area (Å²) in [6, 6.07) is 12.5. The van der Waals surface area contributed by atoms with Crippen molar-refractivity contribution in [2.75, 3.05) is 23.5 Å². The fourth-order valence-corrected chi connectivity index (χ4v) is 4.43. The fraction of sp³-hybridized carbons (Fsp3) is 0.174. The standard InChI is InChI=1S/C23H20ClN5O5S/c1-35(31,32)33-10-9-29-8-7-18-22(29)23(26-13-25-18)27-14-5-6-20(16(24)11-14)34-19-4-2-3-17-15(19)12-21(30)28-17/h2-8,11,13H,9-10,12H2,1H3,(H,28,30)(H,25,26,27). The van der Waals surface area contributed by atoms with Crippen molar-refractivity contribution in [1.29, 1.82) is 0 Å². The molecule has 3 heterocycles. The van der Waals surface area contributed by atoms with Crippen molar-refractivity contribution >= 4 is 55.9 Å². The van der Waals surface area contributed by atoms with Gasteiger partial charge in [0.25, 0.3) is 10.1 Å². The third kappa shape index (κ3) is 5.06. The van der Waals surface area contributed by atoms with Crippen LogP contribution in [0.2, 0.25) is 5.02 Å². The van der Waals surface area contributed by atoms with Gasteiger partial charge in [0.05, 0.1) is 29.8 Å². The van der Waals surface area contributed by atoms with Crippen LogP contribution in [0.5, 0.6) is 11.5 Å². The minimum Gasteiger partial charge on any atom is -0.455 e. The maximum atomic E-state index is 11.7. The van der Waals surface area contributed by atoms with Crippen LogP contribution >= 0.6 is 11.6 Å². The highest BCUT2D eigenvalue weighted by Crippen LogP contribution is 2.38. The highest BCUT2D eigenvalue weighted by molar-refractivity contribution is 7.85. The molecule has 0 aliphatic carbocycles. The second-order valence-electron chi connectivity index (χ2n) is 7.87. The SMILES string of the molecule is CS(=O)(=O)OCCn1ccc2ncnc(Nc3ccc(Oc4cccc5c4CC(=O)N5)c(Cl)c3)c21. The van der Waals surface area contributed by atoms with E-state index in [4.69, 9.17) is 20.5 Å². The molecule has 35 heavy (non-hydrogen) atoms. The van der Waals surface area contributed by atoms with Crippen LogP contribution in [0.3, 0.4) is 0 Å². The number of aromatic nitrogens is 3. The van der Waals surface area contributed by atoms with Gasteiger partial charge >= 0.3 is 0 Å². The Morgan fingerprint density at radius 3 is 2.83 bits per heavy atom. The number of nitrogens with one attached hydrogen (secondary N) is 2. The first-order chi connectivity index (χ1) is 16.8. The van der Waals surface area contributed by atoms with Gasteiger partial charge < -0.3 is 19.9 Å². The third-order valence-electron chi connectivity index (χ3n) is 5.34. The van der Waals surface area contributed by atoms with Crippen molar-refractivity contribution in [3.05, 3.63) is 65.6 Å². The number of benzene rings is 2. The van der Waals surface area contributed by atoms with E-state index in [1.54, 1.807) is 36.5 Å². The molecular formula is C23H20ClN5O5S. The molecule has 1 aliphatic rings. The van der Waals surface area contributed by atoms with Crippen LogP contribution in [-0.2, 0) is 32.1 Å². The summed E-state index contributed by atoms with van der Waals surface area (Å²) in [5, 5.41) is 6.40. The first kappa shape index (κ1) is 23.1. The number of rotatable bonds is 8. The van der Waals surface area contributed by atoms with Gasteiger partial charge in [-0.15, -0.1) is 0 Å². The Hall–Kier alpha value is -3.67. The van der Waals surface area contributed by atoms with Crippen LogP contribution in [0.1, 0.15) is 5.56 Å². The van der Waals surface area contributed by atoms with E-state index in [1.807, 2.05) is 16.7 Å². The molecule has 0 fully saturated rings. The molecule has 10 nitrogen and oxygen atoms in total. The van der Waals surface area contributed by atoms with Gasteiger partial charge in [0, 0.05) is 29.7 Å². The molecule has 0 bridgehead atoms. The third-order valence-corrected chi connectivity index (χ3v) is 6.23. The normalized spacial score (nSPS) is 13.0. The first-order valence-electron chi connectivity index (χ1n) is 10.6. The molecule has 1 aliphatic heterocycles. The largest absolute Gasteiger partial charge is 0.455 e. The average molecular weight is 514 g/mol. The van der Waals surface area contributed by atoms with E-state index in [2.05, 4.69) is 20.6 Å². The maximum Gasteiger partial charge on any atom is 0.264 e. The van der Waals surface area contributed by atoms with Crippen LogP contribution in [0.15, 0.2) is 55.0 Å². The van der Waals surface area contributed by atoms with Gasteiger partial charge in [-0.05, 0) is 36.4 Å². The van der Waals surface area contributed by atoms with Crippen molar-refractivity contribution in [2.45, 2.75) is 13.0 Å². The molecule has 0 radical (unpaired) electrons. The molecule has 2 aromatic carbocycles. The number of carbonyl (C=O) groups excluding carboxylic acids is 1. The van der Waals surface area contributed by atoms with Gasteiger partial charge in [-0.1, -0.05) is 17.7 Å². The minimum absolute atomic E-state index is 0.0148. The number of nitrogens with zero attached hydrogens (tertiary/aromatic N) is 3. The molecule has 180 valence electrons. The van der Waals surface area contributed by atoms with Crippen molar-refractivity contribution in [3.63, 3.8) is 0 Å². The molecular weight excluding hydrogens is 494 g/mol. The Kier molecular flexibility index (Phi) is 6.05. The maximum absolute atomic E-state index is 11.7. The van der Waals surface area contributed by atoms with E-state index in [-0.39, 0.29) is 18.9 Å². The number of amides is 1. The Balaban J connectivity index is 1.37. The van der Waals surface area contributed by atoms with Crippen molar-refractivity contribution in [3.8, 4) is 11.5 Å². The first-order valence-corrected chi connectivity index (χ1v) is 12.8. The Morgan fingerprint density at radius 2 is 2.03 bits per heavy atom. The predicted octanol–water partition coefficient (Wildman–Crippen LogP) is 4.09. The lowest BCUT2D eigenvalue weighted by Crippen LogP contribution is -2.10. The highest BCUT2D eigenvalue weighted by Gasteiger charge is 2.22. The molecule has 4 aromatic rings. The molecule has 0 saturated carbocycles. The molecule has 2 N–H and O–H groups in total. The summed E-state index contributed by atoms with van der Waals surface area (Å²) in [6.07, 6.45) is 4.49. The second-order valence-corrected chi connectivity index (χ2v) is 9.92. The second kappa shape index (κ2) is 9.17. The van der Waals surface area contributed by atoms with Gasteiger partial charge in [-0.3, -0.25) is 8.98 Å². The molecule has 5 rings (SSSR count). The van der Waals surface area contributed by atoms with E-state index in [1.165, 1.54) is 6.33 Å². The summed E-state index contributed by atoms with van der Waals surface area (Å²) in [5.74, 6) is 1.45. The number of anilines is 3. The van der Waals surface area contributed by atoms with E-state index >= 15 is 0 Å². The lowest BCUT2D eigenvalue weighted by molar-refractivity contribution is -0.115. The number of hydrogen-bond donors (Lipinski definition) is 2. The van der Waals surface area contributed by atoms with Crippen LogP contribution < -0.4 is 15.4 Å². The van der Waals surface area contributed by atoms with Crippen molar-refractivity contribution in [1.82, 2.24) is 14.5 Å². The van der Waals surface area contributed by atoms with Crippen LogP contribution in [-0.4, -0.2) is 41.7 Å². The topological polar surface area (TPSA) is 124 Å². The summed E-state index contributed by atoms with van der Waals surface area (Å²) in [5.41, 5.74) is 3.57. The molecule has 0 saturated heterocycles. The Bertz CT molecular complexity index is 1550.